The second kappa shape index (κ2) is 9.43. The minimum atomic E-state index is 0.157. The highest BCUT2D eigenvalue weighted by Crippen LogP contribution is 2.31. The fourth-order valence-corrected chi connectivity index (χ4v) is 5.99. The Hall–Kier alpha value is -2.34. The first-order valence-electron chi connectivity index (χ1n) is 11.6. The van der Waals surface area contributed by atoms with Crippen LogP contribution in [0.5, 0.6) is 0 Å². The first kappa shape index (κ1) is 20.6. The van der Waals surface area contributed by atoms with E-state index in [1.54, 1.807) is 0 Å². The molecule has 3 heterocycles. The van der Waals surface area contributed by atoms with E-state index in [-0.39, 0.29) is 5.91 Å². The Kier molecular flexibility index (Phi) is 6.25. The lowest BCUT2D eigenvalue weighted by Gasteiger charge is -2.21. The summed E-state index contributed by atoms with van der Waals surface area (Å²) in [6.45, 7) is 2.51. The number of carbonyl (C=O) groups is 1. The molecule has 6 heteroatoms. The van der Waals surface area contributed by atoms with E-state index in [1.807, 2.05) is 47.3 Å². The maximum absolute atomic E-state index is 12.6. The van der Waals surface area contributed by atoms with Crippen LogP contribution in [0.25, 0.3) is 11.0 Å². The van der Waals surface area contributed by atoms with Crippen molar-refractivity contribution in [1.29, 1.82) is 0 Å². The summed E-state index contributed by atoms with van der Waals surface area (Å²) in [6, 6.07) is 10.1. The molecule has 2 aromatic heterocycles. The zero-order valence-corrected chi connectivity index (χ0v) is 18.8. The van der Waals surface area contributed by atoms with Crippen LogP contribution >= 0.6 is 11.8 Å². The predicted molar refractivity (Wildman–Crippen MR) is 126 cm³/mol. The van der Waals surface area contributed by atoms with Gasteiger partial charge in [-0.05, 0) is 55.4 Å². The summed E-state index contributed by atoms with van der Waals surface area (Å²) < 4.78 is 2.28. The van der Waals surface area contributed by atoms with Crippen molar-refractivity contribution in [3.8, 4) is 0 Å². The number of pyridine rings is 1. The maximum atomic E-state index is 12.6. The molecule has 0 radical (unpaired) electrons. The third-order valence-corrected chi connectivity index (χ3v) is 7.83. The summed E-state index contributed by atoms with van der Waals surface area (Å²) >= 11 is 1.89. The van der Waals surface area contributed by atoms with Crippen LogP contribution in [-0.4, -0.2) is 44.2 Å². The van der Waals surface area contributed by atoms with Gasteiger partial charge in [0.15, 0.2) is 5.16 Å². The zero-order valence-electron chi connectivity index (χ0n) is 18.0. The van der Waals surface area contributed by atoms with Gasteiger partial charge in [0.2, 0.25) is 0 Å². The number of amides is 1. The molecule has 5 nitrogen and oxygen atoms in total. The van der Waals surface area contributed by atoms with Crippen molar-refractivity contribution in [2.45, 2.75) is 56.6 Å². The minimum absolute atomic E-state index is 0.157. The number of benzene rings is 1. The quantitative estimate of drug-likeness (QED) is 0.488. The molecule has 1 saturated heterocycles. The van der Waals surface area contributed by atoms with Gasteiger partial charge in [-0.2, -0.15) is 0 Å². The molecule has 1 aromatic carbocycles. The number of rotatable bonds is 6. The van der Waals surface area contributed by atoms with E-state index in [1.165, 1.54) is 37.7 Å². The highest BCUT2D eigenvalue weighted by Gasteiger charge is 2.20. The van der Waals surface area contributed by atoms with Crippen LogP contribution in [0.1, 0.15) is 60.9 Å². The Balaban J connectivity index is 1.34. The van der Waals surface area contributed by atoms with E-state index in [2.05, 4.69) is 21.7 Å². The van der Waals surface area contributed by atoms with Gasteiger partial charge < -0.3 is 9.47 Å². The van der Waals surface area contributed by atoms with Crippen LogP contribution in [0.15, 0.2) is 47.9 Å². The van der Waals surface area contributed by atoms with Crippen LogP contribution in [0.4, 0.5) is 0 Å². The molecular formula is C25H30N4OS. The molecule has 2 aliphatic rings. The number of nitrogens with zero attached hydrogens (tertiary/aromatic N) is 4. The van der Waals surface area contributed by atoms with Crippen molar-refractivity contribution in [1.82, 2.24) is 19.4 Å². The van der Waals surface area contributed by atoms with Crippen LogP contribution in [0, 0.1) is 5.92 Å². The standard InChI is InChI=1S/C25H30N4OS/c30-24(28-14-4-5-15-28)21-10-8-19(9-11-21)17-29-23-16-26-13-12-22(23)27-25(29)31-18-20-6-2-1-3-7-20/h8-13,16,20H,1-7,14-15,17-18H2. The van der Waals surface area contributed by atoms with Gasteiger partial charge in [-0.3, -0.25) is 9.78 Å². The normalized spacial score (nSPS) is 17.5. The van der Waals surface area contributed by atoms with E-state index < -0.39 is 0 Å². The molecular weight excluding hydrogens is 404 g/mol. The average Bonchev–Trinajstić information content (AvgIpc) is 3.47. The number of carbonyl (C=O) groups excluding carboxylic acids is 1. The van der Waals surface area contributed by atoms with Crippen molar-refractivity contribution < 1.29 is 4.79 Å². The van der Waals surface area contributed by atoms with Gasteiger partial charge in [0.05, 0.1) is 23.8 Å². The second-order valence-electron chi connectivity index (χ2n) is 8.86. The Morgan fingerprint density at radius 2 is 1.77 bits per heavy atom. The van der Waals surface area contributed by atoms with Gasteiger partial charge in [-0.25, -0.2) is 4.98 Å². The van der Waals surface area contributed by atoms with E-state index in [9.17, 15) is 4.79 Å². The van der Waals surface area contributed by atoms with Crippen molar-refractivity contribution in [3.05, 3.63) is 53.9 Å². The van der Waals surface area contributed by atoms with E-state index >= 15 is 0 Å². The SMILES string of the molecule is O=C(c1ccc(Cn2c(SCC3CCCCC3)nc3ccncc32)cc1)N1CCCC1. The highest BCUT2D eigenvalue weighted by atomic mass is 32.2. The molecule has 1 amide bonds. The highest BCUT2D eigenvalue weighted by molar-refractivity contribution is 7.99. The van der Waals surface area contributed by atoms with Crippen LogP contribution in [0.2, 0.25) is 0 Å². The molecule has 0 unspecified atom stereocenters. The Morgan fingerprint density at radius 3 is 2.55 bits per heavy atom. The Morgan fingerprint density at radius 1 is 1.00 bits per heavy atom. The van der Waals surface area contributed by atoms with Crippen molar-refractivity contribution in [2.24, 2.45) is 5.92 Å². The molecule has 3 aromatic rings. The number of hydrogen-bond acceptors (Lipinski definition) is 4. The number of hydrogen-bond donors (Lipinski definition) is 0. The first-order valence-corrected chi connectivity index (χ1v) is 12.6. The number of imidazole rings is 1. The number of likely N-dealkylation sites (tertiary alicyclic amines) is 1. The lowest BCUT2D eigenvalue weighted by atomic mass is 9.91. The molecule has 1 aliphatic carbocycles. The molecule has 0 spiro atoms. The number of aromatic nitrogens is 3. The summed E-state index contributed by atoms with van der Waals surface area (Å²) in [5.41, 5.74) is 4.04. The molecule has 31 heavy (non-hydrogen) atoms. The Bertz CT molecular complexity index is 1030. The summed E-state index contributed by atoms with van der Waals surface area (Å²) in [7, 11) is 0. The predicted octanol–water partition coefficient (Wildman–Crippen LogP) is 5.39. The van der Waals surface area contributed by atoms with Crippen molar-refractivity contribution >= 4 is 28.7 Å². The number of thioether (sulfide) groups is 1. The molecule has 162 valence electrons. The molecule has 5 rings (SSSR count). The lowest BCUT2D eigenvalue weighted by molar-refractivity contribution is 0.0793. The third-order valence-electron chi connectivity index (χ3n) is 6.62. The van der Waals surface area contributed by atoms with Gasteiger partial charge >= 0.3 is 0 Å². The van der Waals surface area contributed by atoms with E-state index in [0.717, 1.165) is 65.9 Å². The van der Waals surface area contributed by atoms with Crippen molar-refractivity contribution in [2.75, 3.05) is 18.8 Å². The van der Waals surface area contributed by atoms with Crippen LogP contribution < -0.4 is 0 Å². The van der Waals surface area contributed by atoms with Crippen LogP contribution in [0.3, 0.4) is 0 Å². The Labute approximate surface area is 188 Å². The van der Waals surface area contributed by atoms with E-state index in [4.69, 9.17) is 4.98 Å². The summed E-state index contributed by atoms with van der Waals surface area (Å²) in [4.78, 5) is 23.9. The largest absolute Gasteiger partial charge is 0.339 e. The zero-order chi connectivity index (χ0) is 21.0. The van der Waals surface area contributed by atoms with Gasteiger partial charge in [0, 0.05) is 30.6 Å². The fraction of sp³-hybridized carbons (Fsp3) is 0.480. The molecule has 0 atom stereocenters. The van der Waals surface area contributed by atoms with Gasteiger partial charge in [-0.1, -0.05) is 43.2 Å². The second-order valence-corrected chi connectivity index (χ2v) is 9.84. The van der Waals surface area contributed by atoms with Crippen LogP contribution in [-0.2, 0) is 6.54 Å². The third kappa shape index (κ3) is 4.64. The van der Waals surface area contributed by atoms with Gasteiger partial charge in [0.1, 0.15) is 0 Å². The lowest BCUT2D eigenvalue weighted by Crippen LogP contribution is -2.27. The fourth-order valence-electron chi connectivity index (χ4n) is 4.80. The van der Waals surface area contributed by atoms with E-state index in [0.29, 0.717) is 0 Å². The number of fused-ring (bicyclic) bond motifs is 1. The molecule has 1 saturated carbocycles. The summed E-state index contributed by atoms with van der Waals surface area (Å²) in [5.74, 6) is 2.10. The monoisotopic (exact) mass is 434 g/mol. The van der Waals surface area contributed by atoms with Gasteiger partial charge in [-0.15, -0.1) is 0 Å². The maximum Gasteiger partial charge on any atom is 0.253 e. The molecule has 0 N–H and O–H groups in total. The van der Waals surface area contributed by atoms with Gasteiger partial charge in [0.25, 0.3) is 5.91 Å². The molecule has 2 fully saturated rings. The minimum Gasteiger partial charge on any atom is -0.339 e. The van der Waals surface area contributed by atoms with Crippen molar-refractivity contribution in [3.63, 3.8) is 0 Å². The summed E-state index contributed by atoms with van der Waals surface area (Å²) in [5, 5.41) is 1.07. The molecule has 1 aliphatic heterocycles. The average molecular weight is 435 g/mol. The molecule has 0 bridgehead atoms. The smallest absolute Gasteiger partial charge is 0.253 e. The summed E-state index contributed by atoms with van der Waals surface area (Å²) in [6.07, 6.45) is 12.8. The topological polar surface area (TPSA) is 51.0 Å². The first-order chi connectivity index (χ1) is 15.3.